The van der Waals surface area contributed by atoms with E-state index in [1.807, 2.05) is 24.3 Å². The molecule has 208 valence electrons. The molecular formula is C31H36O7S. The zero-order valence-electron chi connectivity index (χ0n) is 22.5. The first-order chi connectivity index (χ1) is 18.8. The molecule has 1 aliphatic rings. The van der Waals surface area contributed by atoms with E-state index in [9.17, 15) is 18.3 Å². The van der Waals surface area contributed by atoms with Crippen molar-refractivity contribution < 1.29 is 32.5 Å². The average molecular weight is 553 g/mol. The van der Waals surface area contributed by atoms with E-state index in [-0.39, 0.29) is 11.0 Å². The fraction of sp³-hybridized carbons (Fsp3) is 0.387. The van der Waals surface area contributed by atoms with Gasteiger partial charge in [0.2, 0.25) is 0 Å². The van der Waals surface area contributed by atoms with Crippen molar-refractivity contribution in [1.29, 1.82) is 0 Å². The molecule has 1 N–H and O–H groups in total. The molecule has 3 aromatic carbocycles. The van der Waals surface area contributed by atoms with Gasteiger partial charge in [0.05, 0.1) is 24.5 Å². The Morgan fingerprint density at radius 1 is 0.974 bits per heavy atom. The van der Waals surface area contributed by atoms with Crippen LogP contribution in [0.4, 0.5) is 0 Å². The lowest BCUT2D eigenvalue weighted by atomic mass is 10.1. The minimum Gasteiger partial charge on any atom is -0.493 e. The van der Waals surface area contributed by atoms with E-state index >= 15 is 0 Å². The smallest absolute Gasteiger partial charge is 0.305 e. The maximum absolute atomic E-state index is 13.9. The largest absolute Gasteiger partial charge is 0.493 e. The zero-order valence-corrected chi connectivity index (χ0v) is 23.3. The lowest BCUT2D eigenvalue weighted by molar-refractivity contribution is -0.137. The van der Waals surface area contributed by atoms with Crippen LogP contribution in [-0.4, -0.2) is 32.7 Å². The first-order valence-electron chi connectivity index (χ1n) is 13.5. The number of methoxy groups -OCH3 is 1. The SMILES string of the molecule is CCCCc1ccc(Oc2cccc(C(CC(=O)O)S(=O)(=O)c3ccc(OC)c(OC4CCCC4)c3)c2)cc1. The van der Waals surface area contributed by atoms with Crippen LogP contribution in [0.15, 0.2) is 71.6 Å². The summed E-state index contributed by atoms with van der Waals surface area (Å²) in [5.74, 6) is 0.618. The highest BCUT2D eigenvalue weighted by atomic mass is 32.2. The van der Waals surface area contributed by atoms with Gasteiger partial charge in [-0.1, -0.05) is 37.6 Å². The van der Waals surface area contributed by atoms with Crippen molar-refractivity contribution in [2.75, 3.05) is 7.11 Å². The number of rotatable bonds is 13. The number of benzene rings is 3. The van der Waals surface area contributed by atoms with E-state index in [1.54, 1.807) is 30.3 Å². The van der Waals surface area contributed by atoms with Gasteiger partial charge < -0.3 is 19.3 Å². The molecule has 1 unspecified atom stereocenters. The molecule has 0 amide bonds. The minimum atomic E-state index is -4.11. The molecule has 39 heavy (non-hydrogen) atoms. The summed E-state index contributed by atoms with van der Waals surface area (Å²) in [6.07, 6.45) is 6.57. The Hall–Kier alpha value is -3.52. The van der Waals surface area contributed by atoms with Crippen LogP contribution in [-0.2, 0) is 21.1 Å². The molecule has 0 saturated heterocycles. The van der Waals surface area contributed by atoms with E-state index in [0.29, 0.717) is 28.6 Å². The van der Waals surface area contributed by atoms with E-state index < -0.39 is 27.5 Å². The summed E-state index contributed by atoms with van der Waals surface area (Å²) in [7, 11) is -2.60. The zero-order chi connectivity index (χ0) is 27.8. The van der Waals surface area contributed by atoms with Crippen LogP contribution in [0.3, 0.4) is 0 Å². The number of ether oxygens (including phenoxy) is 3. The highest BCUT2D eigenvalue weighted by molar-refractivity contribution is 7.91. The number of carboxylic acid groups (broad SMARTS) is 1. The molecule has 8 heteroatoms. The molecule has 0 spiro atoms. The van der Waals surface area contributed by atoms with Gasteiger partial charge in [0.15, 0.2) is 21.3 Å². The van der Waals surface area contributed by atoms with Crippen LogP contribution in [0.1, 0.15) is 68.2 Å². The standard InChI is InChI=1S/C31H36O7S/c1-3-4-8-22-13-15-25(16-14-22)37-26-12-7-9-23(19-26)30(21-31(32)33)39(34,35)27-17-18-28(36-2)29(20-27)38-24-10-5-6-11-24/h7,9,12-20,24,30H,3-6,8,10-11,21H2,1-2H3,(H,32,33). The predicted molar refractivity (Wildman–Crippen MR) is 150 cm³/mol. The van der Waals surface area contributed by atoms with Crippen molar-refractivity contribution in [3.8, 4) is 23.0 Å². The summed E-state index contributed by atoms with van der Waals surface area (Å²) in [6.45, 7) is 2.15. The molecular weight excluding hydrogens is 516 g/mol. The van der Waals surface area contributed by atoms with E-state index in [1.165, 1.54) is 24.8 Å². The third-order valence-electron chi connectivity index (χ3n) is 7.00. The Labute approximate surface area is 230 Å². The number of aliphatic carboxylic acids is 1. The van der Waals surface area contributed by atoms with Gasteiger partial charge in [0.25, 0.3) is 0 Å². The third kappa shape index (κ3) is 7.32. The summed E-state index contributed by atoms with van der Waals surface area (Å²) in [6, 6.07) is 18.8. The van der Waals surface area contributed by atoms with Gasteiger partial charge in [0, 0.05) is 6.07 Å². The van der Waals surface area contributed by atoms with Crippen molar-refractivity contribution in [1.82, 2.24) is 0 Å². The topological polar surface area (TPSA) is 99.1 Å². The molecule has 0 aliphatic heterocycles. The van der Waals surface area contributed by atoms with Crippen molar-refractivity contribution in [2.45, 2.75) is 74.5 Å². The summed E-state index contributed by atoms with van der Waals surface area (Å²) in [4.78, 5) is 11.8. The summed E-state index contributed by atoms with van der Waals surface area (Å²) in [5, 5.41) is 8.32. The van der Waals surface area contributed by atoms with Crippen molar-refractivity contribution >= 4 is 15.8 Å². The fourth-order valence-electron chi connectivity index (χ4n) is 4.86. The van der Waals surface area contributed by atoms with E-state index in [0.717, 1.165) is 44.9 Å². The van der Waals surface area contributed by atoms with Crippen molar-refractivity contribution in [2.24, 2.45) is 0 Å². The number of carboxylic acids is 1. The molecule has 0 aromatic heterocycles. The number of unbranched alkanes of at least 4 members (excludes halogenated alkanes) is 1. The molecule has 0 heterocycles. The highest BCUT2D eigenvalue weighted by Crippen LogP contribution is 2.39. The molecule has 1 saturated carbocycles. The monoisotopic (exact) mass is 552 g/mol. The van der Waals surface area contributed by atoms with E-state index in [2.05, 4.69) is 6.92 Å². The Bertz CT molecular complexity index is 1360. The summed E-state index contributed by atoms with van der Waals surface area (Å²) in [5.41, 5.74) is 1.56. The maximum atomic E-state index is 13.9. The van der Waals surface area contributed by atoms with Crippen molar-refractivity contribution in [3.63, 3.8) is 0 Å². The number of aryl methyl sites for hydroxylation is 1. The number of sulfone groups is 1. The van der Waals surface area contributed by atoms with Crippen LogP contribution >= 0.6 is 0 Å². The Balaban J connectivity index is 1.62. The first kappa shape index (κ1) is 28.5. The van der Waals surface area contributed by atoms with Gasteiger partial charge in [-0.2, -0.15) is 0 Å². The maximum Gasteiger partial charge on any atom is 0.305 e. The van der Waals surface area contributed by atoms with Gasteiger partial charge in [-0.3, -0.25) is 4.79 Å². The number of hydrogen-bond donors (Lipinski definition) is 1. The average Bonchev–Trinajstić information content (AvgIpc) is 3.44. The first-order valence-corrected chi connectivity index (χ1v) is 15.0. The van der Waals surface area contributed by atoms with Gasteiger partial charge in [-0.05, 0) is 86.1 Å². The second-order valence-corrected chi connectivity index (χ2v) is 12.0. The molecule has 1 aliphatic carbocycles. The highest BCUT2D eigenvalue weighted by Gasteiger charge is 2.33. The van der Waals surface area contributed by atoms with Crippen LogP contribution < -0.4 is 14.2 Å². The Morgan fingerprint density at radius 3 is 2.38 bits per heavy atom. The van der Waals surface area contributed by atoms with Crippen LogP contribution in [0.5, 0.6) is 23.0 Å². The van der Waals surface area contributed by atoms with Gasteiger partial charge >= 0.3 is 5.97 Å². The van der Waals surface area contributed by atoms with Gasteiger partial charge in [0.1, 0.15) is 16.7 Å². The second-order valence-electron chi connectivity index (χ2n) is 9.89. The summed E-state index contributed by atoms with van der Waals surface area (Å²) >= 11 is 0. The van der Waals surface area contributed by atoms with Crippen LogP contribution in [0, 0.1) is 0 Å². The quantitative estimate of drug-likeness (QED) is 0.241. The predicted octanol–water partition coefficient (Wildman–Crippen LogP) is 7.14. The molecule has 1 fully saturated rings. The van der Waals surface area contributed by atoms with Gasteiger partial charge in [-0.25, -0.2) is 8.42 Å². The lowest BCUT2D eigenvalue weighted by Gasteiger charge is -2.20. The normalized spacial score (nSPS) is 14.6. The minimum absolute atomic E-state index is 0.00112. The van der Waals surface area contributed by atoms with Crippen LogP contribution in [0.25, 0.3) is 0 Å². The Morgan fingerprint density at radius 2 is 1.72 bits per heavy atom. The second kappa shape index (κ2) is 13.0. The van der Waals surface area contributed by atoms with Crippen molar-refractivity contribution in [3.05, 3.63) is 77.9 Å². The summed E-state index contributed by atoms with van der Waals surface area (Å²) < 4.78 is 45.2. The lowest BCUT2D eigenvalue weighted by Crippen LogP contribution is -2.18. The molecule has 0 radical (unpaired) electrons. The molecule has 1 atom stereocenters. The number of hydrogen-bond acceptors (Lipinski definition) is 6. The fourth-order valence-corrected chi connectivity index (χ4v) is 6.59. The van der Waals surface area contributed by atoms with Gasteiger partial charge in [-0.15, -0.1) is 0 Å². The number of carbonyl (C=O) groups is 1. The van der Waals surface area contributed by atoms with Crippen LogP contribution in [0.2, 0.25) is 0 Å². The third-order valence-corrected chi connectivity index (χ3v) is 9.10. The molecule has 3 aromatic rings. The van der Waals surface area contributed by atoms with E-state index in [4.69, 9.17) is 14.2 Å². The molecule has 4 rings (SSSR count). The molecule has 7 nitrogen and oxygen atoms in total. The Kier molecular flexibility index (Phi) is 9.51. The molecule has 0 bridgehead atoms.